The van der Waals surface area contributed by atoms with E-state index in [1.807, 2.05) is 30.5 Å². The lowest BCUT2D eigenvalue weighted by Gasteiger charge is -2.39. The summed E-state index contributed by atoms with van der Waals surface area (Å²) in [6.45, 7) is 4.58. The van der Waals surface area contributed by atoms with E-state index in [2.05, 4.69) is 17.1 Å². The molecule has 0 spiro atoms. The number of benzene rings is 1. The van der Waals surface area contributed by atoms with Crippen LogP contribution < -0.4 is 5.32 Å². The van der Waals surface area contributed by atoms with Crippen molar-refractivity contribution in [1.82, 2.24) is 4.90 Å². The predicted octanol–water partition coefficient (Wildman–Crippen LogP) is 2.83. The van der Waals surface area contributed by atoms with Crippen molar-refractivity contribution in [2.45, 2.75) is 31.1 Å². The molecule has 1 aromatic rings. The molecule has 1 fully saturated rings. The molecule has 0 unspecified atom stereocenters. The largest absolute Gasteiger partial charge is 0.396 e. The molecule has 0 bridgehead atoms. The highest BCUT2D eigenvalue weighted by molar-refractivity contribution is 7.98. The highest BCUT2D eigenvalue weighted by atomic mass is 32.2. The summed E-state index contributed by atoms with van der Waals surface area (Å²) >= 11 is 1.67. The molecule has 1 saturated heterocycles. The number of piperidine rings is 1. The summed E-state index contributed by atoms with van der Waals surface area (Å²) in [4.78, 5) is 15.5. The smallest absolute Gasteiger partial charge is 0.238 e. The van der Waals surface area contributed by atoms with Gasteiger partial charge in [0.2, 0.25) is 5.91 Å². The minimum atomic E-state index is 0.0336. The maximum Gasteiger partial charge on any atom is 0.238 e. The van der Waals surface area contributed by atoms with Crippen molar-refractivity contribution in [2.75, 3.05) is 37.8 Å². The molecule has 4 nitrogen and oxygen atoms in total. The third-order valence-corrected chi connectivity index (χ3v) is 5.45. The van der Waals surface area contributed by atoms with Crippen LogP contribution in [0.3, 0.4) is 0 Å². The molecule has 1 aromatic carbocycles. The van der Waals surface area contributed by atoms with Crippen LogP contribution in [0.5, 0.6) is 0 Å². The Balaban J connectivity index is 1.83. The molecule has 0 saturated carbocycles. The highest BCUT2D eigenvalue weighted by Crippen LogP contribution is 2.34. The van der Waals surface area contributed by atoms with Crippen molar-refractivity contribution >= 4 is 23.4 Å². The lowest BCUT2D eigenvalue weighted by molar-refractivity contribution is -0.118. The minimum Gasteiger partial charge on any atom is -0.396 e. The molecule has 0 aromatic heterocycles. The summed E-state index contributed by atoms with van der Waals surface area (Å²) in [5.74, 6) is 0.0336. The fourth-order valence-corrected chi connectivity index (χ4v) is 3.37. The quantitative estimate of drug-likeness (QED) is 0.791. The average Bonchev–Trinajstić information content (AvgIpc) is 2.56. The van der Waals surface area contributed by atoms with Gasteiger partial charge in [-0.1, -0.05) is 13.0 Å². The molecule has 2 rings (SSSR count). The van der Waals surface area contributed by atoms with Crippen molar-refractivity contribution < 1.29 is 9.90 Å². The number of anilines is 1. The van der Waals surface area contributed by atoms with Gasteiger partial charge in [0.05, 0.1) is 6.54 Å². The maximum atomic E-state index is 12.2. The van der Waals surface area contributed by atoms with Crippen molar-refractivity contribution in [3.63, 3.8) is 0 Å². The van der Waals surface area contributed by atoms with Gasteiger partial charge in [0.25, 0.3) is 0 Å². The van der Waals surface area contributed by atoms with Crippen LogP contribution in [0, 0.1) is 5.41 Å². The standard InChI is InChI=1S/C17H26N2O2S/c1-3-17(13-20)7-9-19(10-8-17)12-16(21)18-14-5-4-6-15(11-14)22-2/h4-6,11,20H,3,7-10,12-13H2,1-2H3,(H,18,21). The summed E-state index contributed by atoms with van der Waals surface area (Å²) in [6.07, 6.45) is 4.96. The van der Waals surface area contributed by atoms with E-state index in [4.69, 9.17) is 0 Å². The van der Waals surface area contributed by atoms with Crippen LogP contribution in [0.2, 0.25) is 0 Å². The number of hydrogen-bond acceptors (Lipinski definition) is 4. The Labute approximate surface area is 137 Å². The van der Waals surface area contributed by atoms with E-state index in [-0.39, 0.29) is 17.9 Å². The molecule has 1 aliphatic heterocycles. The Bertz CT molecular complexity index is 493. The highest BCUT2D eigenvalue weighted by Gasteiger charge is 2.32. The Morgan fingerprint density at radius 3 is 2.73 bits per heavy atom. The molecule has 1 aliphatic rings. The molecule has 1 heterocycles. The number of rotatable bonds is 6. The third-order valence-electron chi connectivity index (χ3n) is 4.72. The molecule has 122 valence electrons. The Hall–Kier alpha value is -1.04. The molecule has 5 heteroatoms. The first-order valence-corrected chi connectivity index (χ1v) is 9.10. The fraction of sp³-hybridized carbons (Fsp3) is 0.588. The van der Waals surface area contributed by atoms with Crippen molar-refractivity contribution in [1.29, 1.82) is 0 Å². The lowest BCUT2D eigenvalue weighted by Crippen LogP contribution is -2.44. The van der Waals surface area contributed by atoms with Gasteiger partial charge in [-0.25, -0.2) is 0 Å². The second-order valence-corrected chi connectivity index (χ2v) is 6.95. The number of thioether (sulfide) groups is 1. The number of aliphatic hydroxyl groups excluding tert-OH is 1. The first-order chi connectivity index (χ1) is 10.6. The summed E-state index contributed by atoms with van der Waals surface area (Å²) in [6, 6.07) is 7.90. The molecule has 0 aliphatic carbocycles. The van der Waals surface area contributed by atoms with Gasteiger partial charge in [-0.15, -0.1) is 11.8 Å². The molecule has 1 amide bonds. The molecule has 0 atom stereocenters. The number of nitrogens with one attached hydrogen (secondary N) is 1. The molecular weight excluding hydrogens is 296 g/mol. The van der Waals surface area contributed by atoms with E-state index in [0.29, 0.717) is 6.54 Å². The van der Waals surface area contributed by atoms with E-state index in [1.54, 1.807) is 11.8 Å². The monoisotopic (exact) mass is 322 g/mol. The van der Waals surface area contributed by atoms with Crippen molar-refractivity contribution in [3.8, 4) is 0 Å². The van der Waals surface area contributed by atoms with Gasteiger partial charge in [-0.05, 0) is 62.2 Å². The molecule has 0 radical (unpaired) electrons. The van der Waals surface area contributed by atoms with Gasteiger partial charge in [-0.3, -0.25) is 9.69 Å². The molecule has 22 heavy (non-hydrogen) atoms. The molecule has 2 N–H and O–H groups in total. The number of carbonyl (C=O) groups excluding carboxylic acids is 1. The Morgan fingerprint density at radius 2 is 2.14 bits per heavy atom. The van der Waals surface area contributed by atoms with Gasteiger partial charge in [0.1, 0.15) is 0 Å². The second-order valence-electron chi connectivity index (χ2n) is 6.07. The number of likely N-dealkylation sites (tertiary alicyclic amines) is 1. The lowest BCUT2D eigenvalue weighted by atomic mass is 9.77. The zero-order valence-electron chi connectivity index (χ0n) is 13.5. The Morgan fingerprint density at radius 1 is 1.41 bits per heavy atom. The van der Waals surface area contributed by atoms with Gasteiger partial charge in [0, 0.05) is 17.2 Å². The minimum absolute atomic E-state index is 0.0336. The summed E-state index contributed by atoms with van der Waals surface area (Å²) < 4.78 is 0. The van der Waals surface area contributed by atoms with Gasteiger partial charge >= 0.3 is 0 Å². The number of aliphatic hydroxyl groups is 1. The SMILES string of the molecule is CCC1(CO)CCN(CC(=O)Nc2cccc(SC)c2)CC1. The summed E-state index contributed by atoms with van der Waals surface area (Å²) in [5.41, 5.74) is 0.923. The normalized spacial score (nSPS) is 18.1. The topological polar surface area (TPSA) is 52.6 Å². The van der Waals surface area contributed by atoms with Crippen LogP contribution in [0.15, 0.2) is 29.2 Å². The van der Waals surface area contributed by atoms with Crippen molar-refractivity contribution in [3.05, 3.63) is 24.3 Å². The van der Waals surface area contributed by atoms with E-state index < -0.39 is 0 Å². The first kappa shape index (κ1) is 17.3. The predicted molar refractivity (Wildman–Crippen MR) is 92.3 cm³/mol. The Kier molecular flexibility index (Phi) is 6.29. The number of carbonyl (C=O) groups is 1. The van der Waals surface area contributed by atoms with Crippen LogP contribution in [0.25, 0.3) is 0 Å². The molecular formula is C17H26N2O2S. The maximum absolute atomic E-state index is 12.2. The van der Waals surface area contributed by atoms with E-state index >= 15 is 0 Å². The zero-order chi connectivity index (χ0) is 16.0. The van der Waals surface area contributed by atoms with E-state index in [1.165, 1.54) is 0 Å². The van der Waals surface area contributed by atoms with E-state index in [9.17, 15) is 9.90 Å². The van der Waals surface area contributed by atoms with Crippen LogP contribution in [0.1, 0.15) is 26.2 Å². The number of hydrogen-bond donors (Lipinski definition) is 2. The fourth-order valence-electron chi connectivity index (χ4n) is 2.91. The first-order valence-electron chi connectivity index (χ1n) is 7.88. The summed E-state index contributed by atoms with van der Waals surface area (Å²) in [5, 5.41) is 12.5. The van der Waals surface area contributed by atoms with Gasteiger partial charge in [0.15, 0.2) is 0 Å². The van der Waals surface area contributed by atoms with E-state index in [0.717, 1.165) is 42.9 Å². The van der Waals surface area contributed by atoms with Gasteiger partial charge in [-0.2, -0.15) is 0 Å². The van der Waals surface area contributed by atoms with Crippen LogP contribution in [-0.2, 0) is 4.79 Å². The third kappa shape index (κ3) is 4.48. The number of amides is 1. The van der Waals surface area contributed by atoms with Crippen LogP contribution >= 0.6 is 11.8 Å². The second kappa shape index (κ2) is 7.99. The average molecular weight is 322 g/mol. The van der Waals surface area contributed by atoms with Gasteiger partial charge < -0.3 is 10.4 Å². The van der Waals surface area contributed by atoms with Crippen LogP contribution in [0.4, 0.5) is 5.69 Å². The van der Waals surface area contributed by atoms with Crippen LogP contribution in [-0.4, -0.2) is 48.4 Å². The summed E-state index contributed by atoms with van der Waals surface area (Å²) in [7, 11) is 0. The number of nitrogens with zero attached hydrogens (tertiary/aromatic N) is 1. The zero-order valence-corrected chi connectivity index (χ0v) is 14.3. The van der Waals surface area contributed by atoms with Crippen molar-refractivity contribution in [2.24, 2.45) is 5.41 Å².